The van der Waals surface area contributed by atoms with Crippen LogP contribution in [0.1, 0.15) is 0 Å². The Morgan fingerprint density at radius 3 is 2.60 bits per heavy atom. The molecule has 0 spiro atoms. The minimum Gasteiger partial charge on any atom is -0.445 e. The first-order valence-corrected chi connectivity index (χ1v) is 6.32. The first-order chi connectivity index (χ1) is 9.40. The van der Waals surface area contributed by atoms with Gasteiger partial charge in [-0.05, 0) is 40.2 Å². The minimum atomic E-state index is -0.958. The monoisotopic (exact) mass is 363 g/mol. The van der Waals surface area contributed by atoms with Gasteiger partial charge < -0.3 is 4.74 Å². The molecule has 0 N–H and O–H groups in total. The SMILES string of the molecule is O=[N+]([O-])c1c(Br)ccc(F)c1Oc1cc(F)ccc1Cl. The molecule has 0 saturated heterocycles. The number of rotatable bonds is 3. The van der Waals surface area contributed by atoms with E-state index in [1.165, 1.54) is 12.1 Å². The molecule has 0 unspecified atom stereocenters. The largest absolute Gasteiger partial charge is 0.445 e. The molecule has 0 bridgehead atoms. The molecule has 104 valence electrons. The standard InChI is InChI=1S/C12H5BrClF2NO3/c13-7-2-4-9(16)12(11(7)17(18)19)20-10-5-6(15)1-3-8(10)14/h1-5H. The van der Waals surface area contributed by atoms with Crippen molar-refractivity contribution in [2.75, 3.05) is 0 Å². The maximum atomic E-state index is 13.7. The summed E-state index contributed by atoms with van der Waals surface area (Å²) in [6.45, 7) is 0. The Morgan fingerprint density at radius 2 is 1.95 bits per heavy atom. The maximum absolute atomic E-state index is 13.7. The van der Waals surface area contributed by atoms with Gasteiger partial charge in [-0.3, -0.25) is 10.1 Å². The van der Waals surface area contributed by atoms with Gasteiger partial charge in [0.2, 0.25) is 5.75 Å². The Hall–Kier alpha value is -1.73. The summed E-state index contributed by atoms with van der Waals surface area (Å²) >= 11 is 8.71. The predicted octanol–water partition coefficient (Wildman–Crippen LogP) is 5.08. The highest BCUT2D eigenvalue weighted by Gasteiger charge is 2.25. The second kappa shape index (κ2) is 5.72. The van der Waals surface area contributed by atoms with Crippen LogP contribution < -0.4 is 4.74 Å². The Labute approximate surface area is 125 Å². The lowest BCUT2D eigenvalue weighted by atomic mass is 10.2. The summed E-state index contributed by atoms with van der Waals surface area (Å²) in [4.78, 5) is 10.1. The van der Waals surface area contributed by atoms with Gasteiger partial charge in [0.1, 0.15) is 11.6 Å². The minimum absolute atomic E-state index is 0.0000680. The van der Waals surface area contributed by atoms with Crippen LogP contribution in [0.25, 0.3) is 0 Å². The third-order valence-corrected chi connectivity index (χ3v) is 3.27. The van der Waals surface area contributed by atoms with Crippen molar-refractivity contribution < 1.29 is 18.4 Å². The quantitative estimate of drug-likeness (QED) is 0.563. The molecule has 20 heavy (non-hydrogen) atoms. The number of ether oxygens (including phenoxy) is 1. The Kier molecular flexibility index (Phi) is 4.20. The molecule has 0 radical (unpaired) electrons. The van der Waals surface area contributed by atoms with Crippen LogP contribution in [0.15, 0.2) is 34.8 Å². The molecule has 2 aromatic carbocycles. The van der Waals surface area contributed by atoms with Crippen molar-refractivity contribution in [3.63, 3.8) is 0 Å². The lowest BCUT2D eigenvalue weighted by Crippen LogP contribution is -1.98. The average Bonchev–Trinajstić information content (AvgIpc) is 2.37. The van der Waals surface area contributed by atoms with Gasteiger partial charge in [-0.15, -0.1) is 0 Å². The second-order valence-electron chi connectivity index (χ2n) is 3.64. The highest BCUT2D eigenvalue weighted by molar-refractivity contribution is 9.10. The zero-order valence-corrected chi connectivity index (χ0v) is 11.9. The predicted molar refractivity (Wildman–Crippen MR) is 72.2 cm³/mol. The van der Waals surface area contributed by atoms with E-state index in [1.807, 2.05) is 0 Å². The maximum Gasteiger partial charge on any atom is 0.328 e. The summed E-state index contributed by atoms with van der Waals surface area (Å²) in [6.07, 6.45) is 0. The summed E-state index contributed by atoms with van der Waals surface area (Å²) in [6, 6.07) is 5.36. The molecule has 0 saturated carbocycles. The number of halogens is 4. The van der Waals surface area contributed by atoms with Crippen molar-refractivity contribution in [1.82, 2.24) is 0 Å². The van der Waals surface area contributed by atoms with Crippen LogP contribution in [0, 0.1) is 21.7 Å². The lowest BCUT2D eigenvalue weighted by Gasteiger charge is -2.09. The molecule has 0 heterocycles. The third-order valence-electron chi connectivity index (χ3n) is 2.32. The Balaban J connectivity index is 2.56. The number of benzene rings is 2. The fourth-order valence-corrected chi connectivity index (χ4v) is 2.07. The zero-order chi connectivity index (χ0) is 14.9. The van der Waals surface area contributed by atoms with Crippen molar-refractivity contribution in [2.24, 2.45) is 0 Å². The molecule has 2 rings (SSSR count). The van der Waals surface area contributed by atoms with Crippen LogP contribution in [0.4, 0.5) is 14.5 Å². The number of hydrogen-bond acceptors (Lipinski definition) is 3. The molecular formula is C12H5BrClF2NO3. The van der Waals surface area contributed by atoms with E-state index in [2.05, 4.69) is 15.9 Å². The van der Waals surface area contributed by atoms with Gasteiger partial charge >= 0.3 is 5.69 Å². The third kappa shape index (κ3) is 2.88. The number of nitrogens with zero attached hydrogens (tertiary/aromatic N) is 1. The van der Waals surface area contributed by atoms with Crippen LogP contribution in [-0.4, -0.2) is 4.92 Å². The van der Waals surface area contributed by atoms with Crippen molar-refractivity contribution in [2.45, 2.75) is 0 Å². The van der Waals surface area contributed by atoms with Gasteiger partial charge in [-0.2, -0.15) is 0 Å². The van der Waals surface area contributed by atoms with Crippen LogP contribution in [-0.2, 0) is 0 Å². The molecule has 2 aromatic rings. The molecule has 0 fully saturated rings. The van der Waals surface area contributed by atoms with Gasteiger partial charge in [0.05, 0.1) is 14.4 Å². The Bertz CT molecular complexity index is 697. The molecule has 8 heteroatoms. The van der Waals surface area contributed by atoms with E-state index in [9.17, 15) is 18.9 Å². The highest BCUT2D eigenvalue weighted by atomic mass is 79.9. The van der Waals surface area contributed by atoms with E-state index in [0.717, 1.165) is 18.2 Å². The van der Waals surface area contributed by atoms with Crippen LogP contribution >= 0.6 is 27.5 Å². The van der Waals surface area contributed by atoms with E-state index in [1.54, 1.807) is 0 Å². The molecular weight excluding hydrogens is 359 g/mol. The molecule has 0 amide bonds. The van der Waals surface area contributed by atoms with Crippen LogP contribution in [0.2, 0.25) is 5.02 Å². The number of hydrogen-bond donors (Lipinski definition) is 0. The van der Waals surface area contributed by atoms with Gasteiger partial charge in [0, 0.05) is 6.07 Å². The molecule has 0 aromatic heterocycles. The van der Waals surface area contributed by atoms with Crippen LogP contribution in [0.3, 0.4) is 0 Å². The van der Waals surface area contributed by atoms with Crippen molar-refractivity contribution in [3.8, 4) is 11.5 Å². The molecule has 0 atom stereocenters. The van der Waals surface area contributed by atoms with E-state index < -0.39 is 28.0 Å². The normalized spacial score (nSPS) is 10.4. The van der Waals surface area contributed by atoms with Gasteiger partial charge in [-0.1, -0.05) is 11.6 Å². The number of nitro benzene ring substituents is 1. The van der Waals surface area contributed by atoms with Crippen molar-refractivity contribution in [3.05, 3.63) is 61.6 Å². The van der Waals surface area contributed by atoms with E-state index >= 15 is 0 Å². The van der Waals surface area contributed by atoms with Crippen molar-refractivity contribution >= 4 is 33.2 Å². The average molecular weight is 365 g/mol. The second-order valence-corrected chi connectivity index (χ2v) is 4.90. The highest BCUT2D eigenvalue weighted by Crippen LogP contribution is 2.41. The summed E-state index contributed by atoms with van der Waals surface area (Å²) in [7, 11) is 0. The van der Waals surface area contributed by atoms with E-state index in [0.29, 0.717) is 0 Å². The molecule has 0 aliphatic rings. The van der Waals surface area contributed by atoms with Gasteiger partial charge in [-0.25, -0.2) is 8.78 Å². The Morgan fingerprint density at radius 1 is 1.25 bits per heavy atom. The number of nitro groups is 1. The molecule has 0 aliphatic carbocycles. The van der Waals surface area contributed by atoms with Crippen LogP contribution in [0.5, 0.6) is 11.5 Å². The molecule has 4 nitrogen and oxygen atoms in total. The van der Waals surface area contributed by atoms with Crippen molar-refractivity contribution in [1.29, 1.82) is 0 Å². The van der Waals surface area contributed by atoms with E-state index in [-0.39, 0.29) is 15.2 Å². The molecule has 0 aliphatic heterocycles. The summed E-state index contributed by atoms with van der Waals surface area (Å²) in [5, 5.41) is 11.0. The summed E-state index contributed by atoms with van der Waals surface area (Å²) in [5.41, 5.74) is -0.606. The zero-order valence-electron chi connectivity index (χ0n) is 9.57. The summed E-state index contributed by atoms with van der Waals surface area (Å²) < 4.78 is 31.9. The smallest absolute Gasteiger partial charge is 0.328 e. The van der Waals surface area contributed by atoms with Gasteiger partial charge in [0.25, 0.3) is 0 Å². The fraction of sp³-hybridized carbons (Fsp3) is 0. The van der Waals surface area contributed by atoms with E-state index in [4.69, 9.17) is 16.3 Å². The lowest BCUT2D eigenvalue weighted by molar-refractivity contribution is -0.386. The summed E-state index contributed by atoms with van der Waals surface area (Å²) in [5.74, 6) is -2.48. The van der Waals surface area contributed by atoms with Gasteiger partial charge in [0.15, 0.2) is 5.82 Å². The topological polar surface area (TPSA) is 52.4 Å². The first kappa shape index (κ1) is 14.7. The first-order valence-electron chi connectivity index (χ1n) is 5.15. The fourth-order valence-electron chi connectivity index (χ4n) is 1.46.